The van der Waals surface area contributed by atoms with Crippen LogP contribution in [-0.2, 0) is 4.79 Å². The Morgan fingerprint density at radius 2 is 1.76 bits per heavy atom. The molecule has 25 heavy (non-hydrogen) atoms. The first-order chi connectivity index (χ1) is 11.9. The largest absolute Gasteiger partial charge is 0.481 e. The Morgan fingerprint density at radius 3 is 2.36 bits per heavy atom. The van der Waals surface area contributed by atoms with Crippen LogP contribution in [-0.4, -0.2) is 40.6 Å². The third kappa shape index (κ3) is 4.14. The highest BCUT2D eigenvalue weighted by molar-refractivity contribution is 5.75. The van der Waals surface area contributed by atoms with E-state index in [1.54, 1.807) is 0 Å². The summed E-state index contributed by atoms with van der Waals surface area (Å²) in [6, 6.07) is 8.92. The van der Waals surface area contributed by atoms with E-state index >= 15 is 0 Å². The van der Waals surface area contributed by atoms with E-state index in [9.17, 15) is 9.59 Å². The third-order valence-corrected chi connectivity index (χ3v) is 5.79. The molecule has 2 amide bonds. The van der Waals surface area contributed by atoms with E-state index in [2.05, 4.69) is 43.4 Å². The van der Waals surface area contributed by atoms with E-state index < -0.39 is 5.97 Å². The zero-order valence-electron chi connectivity index (χ0n) is 15.1. The number of hydrogen-bond donors (Lipinski definition) is 2. The summed E-state index contributed by atoms with van der Waals surface area (Å²) in [5.41, 5.74) is 2.55. The summed E-state index contributed by atoms with van der Waals surface area (Å²) in [6.45, 7) is 4.94. The molecule has 1 saturated heterocycles. The molecule has 2 N–H and O–H groups in total. The number of urea groups is 1. The average molecular weight is 344 g/mol. The summed E-state index contributed by atoms with van der Waals surface area (Å²) in [6.07, 6.45) is 3.81. The van der Waals surface area contributed by atoms with Gasteiger partial charge in [-0.1, -0.05) is 29.8 Å². The summed E-state index contributed by atoms with van der Waals surface area (Å²) in [5.74, 6) is -0.562. The lowest BCUT2D eigenvalue weighted by atomic mass is 9.86. The molecule has 2 aliphatic rings. The van der Waals surface area contributed by atoms with Crippen molar-refractivity contribution in [2.45, 2.75) is 64.0 Å². The molecule has 0 bridgehead atoms. The minimum Gasteiger partial charge on any atom is -0.481 e. The molecule has 1 aromatic rings. The molecule has 1 heterocycles. The molecule has 2 unspecified atom stereocenters. The van der Waals surface area contributed by atoms with Crippen LogP contribution in [0.3, 0.4) is 0 Å². The van der Waals surface area contributed by atoms with Crippen LogP contribution in [0, 0.1) is 12.8 Å². The SMILES string of the molecule is Cc1ccc(C2CC(C)N(C(=O)NC3CCC(C(=O)O)CC3)C2)cc1. The van der Waals surface area contributed by atoms with Gasteiger partial charge in [0.1, 0.15) is 0 Å². The first-order valence-corrected chi connectivity index (χ1v) is 9.30. The van der Waals surface area contributed by atoms with E-state index in [1.165, 1.54) is 11.1 Å². The lowest BCUT2D eigenvalue weighted by Crippen LogP contribution is -2.47. The lowest BCUT2D eigenvalue weighted by Gasteiger charge is -2.30. The van der Waals surface area contributed by atoms with Crippen LogP contribution in [0.1, 0.15) is 56.1 Å². The highest BCUT2D eigenvalue weighted by Gasteiger charge is 2.35. The van der Waals surface area contributed by atoms with Crippen LogP contribution in [0.4, 0.5) is 4.79 Å². The zero-order chi connectivity index (χ0) is 18.0. The van der Waals surface area contributed by atoms with Gasteiger partial charge in [-0.25, -0.2) is 4.79 Å². The highest BCUT2D eigenvalue weighted by Crippen LogP contribution is 2.32. The predicted octanol–water partition coefficient (Wildman–Crippen LogP) is 3.53. The van der Waals surface area contributed by atoms with Crippen molar-refractivity contribution in [3.8, 4) is 0 Å². The van der Waals surface area contributed by atoms with Crippen LogP contribution in [0.25, 0.3) is 0 Å². The fraction of sp³-hybridized carbons (Fsp3) is 0.600. The predicted molar refractivity (Wildman–Crippen MR) is 96.6 cm³/mol. The minimum absolute atomic E-state index is 0.000821. The molecule has 2 atom stereocenters. The number of amides is 2. The molecule has 0 radical (unpaired) electrons. The maximum Gasteiger partial charge on any atom is 0.317 e. The van der Waals surface area contributed by atoms with E-state index in [-0.39, 0.29) is 24.0 Å². The summed E-state index contributed by atoms with van der Waals surface area (Å²) >= 11 is 0. The Labute approximate surface area is 149 Å². The van der Waals surface area contributed by atoms with Crippen molar-refractivity contribution in [1.29, 1.82) is 0 Å². The van der Waals surface area contributed by atoms with Crippen molar-refractivity contribution < 1.29 is 14.7 Å². The van der Waals surface area contributed by atoms with Crippen molar-refractivity contribution in [1.82, 2.24) is 10.2 Å². The third-order valence-electron chi connectivity index (χ3n) is 5.79. The molecule has 2 fully saturated rings. The van der Waals surface area contributed by atoms with Gasteiger partial charge in [0.2, 0.25) is 0 Å². The monoisotopic (exact) mass is 344 g/mol. The molecular formula is C20H28N2O3. The van der Waals surface area contributed by atoms with E-state index in [4.69, 9.17) is 5.11 Å². The fourth-order valence-electron chi connectivity index (χ4n) is 4.14. The number of rotatable bonds is 3. The Bertz CT molecular complexity index is 620. The van der Waals surface area contributed by atoms with E-state index in [0.717, 1.165) is 25.8 Å². The standard InChI is InChI=1S/C20H28N2O3/c1-13-3-5-15(6-4-13)17-11-14(2)22(12-17)20(25)21-18-9-7-16(8-10-18)19(23)24/h3-6,14,16-18H,7-12H2,1-2H3,(H,21,25)(H,23,24). The van der Waals surface area contributed by atoms with Crippen molar-refractivity contribution in [2.75, 3.05) is 6.54 Å². The number of nitrogens with zero attached hydrogens (tertiary/aromatic N) is 1. The van der Waals surface area contributed by atoms with Gasteiger partial charge in [-0.3, -0.25) is 4.79 Å². The minimum atomic E-state index is -0.709. The summed E-state index contributed by atoms with van der Waals surface area (Å²) in [7, 11) is 0. The Balaban J connectivity index is 1.54. The van der Waals surface area contributed by atoms with E-state index in [0.29, 0.717) is 18.8 Å². The van der Waals surface area contributed by atoms with Crippen LogP contribution in [0.5, 0.6) is 0 Å². The summed E-state index contributed by atoms with van der Waals surface area (Å²) in [4.78, 5) is 25.6. The molecular weight excluding hydrogens is 316 g/mol. The first kappa shape index (κ1) is 17.8. The quantitative estimate of drug-likeness (QED) is 0.881. The summed E-state index contributed by atoms with van der Waals surface area (Å²) < 4.78 is 0. The Morgan fingerprint density at radius 1 is 1.12 bits per heavy atom. The zero-order valence-corrected chi connectivity index (χ0v) is 15.1. The molecule has 136 valence electrons. The number of carbonyl (C=O) groups is 2. The number of nitrogens with one attached hydrogen (secondary N) is 1. The lowest BCUT2D eigenvalue weighted by molar-refractivity contribution is -0.142. The van der Waals surface area contributed by atoms with Gasteiger partial charge in [0.25, 0.3) is 0 Å². The number of aryl methyl sites for hydroxylation is 1. The van der Waals surface area contributed by atoms with Gasteiger partial charge in [0, 0.05) is 24.5 Å². The smallest absolute Gasteiger partial charge is 0.317 e. The topological polar surface area (TPSA) is 69.6 Å². The van der Waals surface area contributed by atoms with Crippen molar-refractivity contribution >= 4 is 12.0 Å². The van der Waals surface area contributed by atoms with Gasteiger partial charge in [-0.15, -0.1) is 0 Å². The van der Waals surface area contributed by atoms with Crippen LogP contribution >= 0.6 is 0 Å². The molecule has 1 aliphatic heterocycles. The first-order valence-electron chi connectivity index (χ1n) is 9.30. The second kappa shape index (κ2) is 7.46. The van der Waals surface area contributed by atoms with Crippen molar-refractivity contribution in [2.24, 2.45) is 5.92 Å². The van der Waals surface area contributed by atoms with E-state index in [1.807, 2.05) is 4.90 Å². The number of likely N-dealkylation sites (tertiary alicyclic amines) is 1. The van der Waals surface area contributed by atoms with Crippen molar-refractivity contribution in [3.05, 3.63) is 35.4 Å². The van der Waals surface area contributed by atoms with Gasteiger partial charge in [-0.2, -0.15) is 0 Å². The van der Waals surface area contributed by atoms with Crippen LogP contribution in [0.2, 0.25) is 0 Å². The fourth-order valence-corrected chi connectivity index (χ4v) is 4.14. The maximum absolute atomic E-state index is 12.7. The normalized spacial score (nSPS) is 29.4. The van der Waals surface area contributed by atoms with Crippen molar-refractivity contribution in [3.63, 3.8) is 0 Å². The second-order valence-corrected chi connectivity index (χ2v) is 7.68. The number of carboxylic acid groups (broad SMARTS) is 1. The van der Waals surface area contributed by atoms with Crippen LogP contribution in [0.15, 0.2) is 24.3 Å². The molecule has 1 aromatic carbocycles. The Hall–Kier alpha value is -2.04. The number of aliphatic carboxylic acids is 1. The van der Waals surface area contributed by atoms with Gasteiger partial charge < -0.3 is 15.3 Å². The summed E-state index contributed by atoms with van der Waals surface area (Å²) in [5, 5.41) is 12.2. The highest BCUT2D eigenvalue weighted by atomic mass is 16.4. The van der Waals surface area contributed by atoms with Gasteiger partial charge in [0.15, 0.2) is 0 Å². The molecule has 0 spiro atoms. The Kier molecular flexibility index (Phi) is 5.30. The number of carboxylic acids is 1. The maximum atomic E-state index is 12.7. The molecule has 0 aromatic heterocycles. The number of carbonyl (C=O) groups excluding carboxylic acids is 1. The van der Waals surface area contributed by atoms with Gasteiger partial charge >= 0.3 is 12.0 Å². The van der Waals surface area contributed by atoms with Gasteiger partial charge in [-0.05, 0) is 51.5 Å². The average Bonchev–Trinajstić information content (AvgIpc) is 2.98. The van der Waals surface area contributed by atoms with Crippen LogP contribution < -0.4 is 5.32 Å². The molecule has 5 nitrogen and oxygen atoms in total. The second-order valence-electron chi connectivity index (χ2n) is 7.68. The number of hydrogen-bond acceptors (Lipinski definition) is 2. The van der Waals surface area contributed by atoms with Gasteiger partial charge in [0.05, 0.1) is 5.92 Å². The molecule has 1 aliphatic carbocycles. The molecule has 1 saturated carbocycles. The molecule has 3 rings (SSSR count). The number of benzene rings is 1. The molecule has 5 heteroatoms.